The molecule has 1 saturated carbocycles. The highest BCUT2D eigenvalue weighted by molar-refractivity contribution is 5.96. The van der Waals surface area contributed by atoms with Crippen molar-refractivity contribution in [3.63, 3.8) is 0 Å². The third-order valence-electron chi connectivity index (χ3n) is 2.84. The molecular weight excluding hydrogens is 190 g/mol. The average Bonchev–Trinajstić information content (AvgIpc) is 2.99. The first kappa shape index (κ1) is 10.3. The van der Waals surface area contributed by atoms with E-state index in [2.05, 4.69) is 0 Å². The molecule has 1 aromatic carbocycles. The number of hydrogen-bond donors (Lipinski definition) is 2. The topological polar surface area (TPSA) is 63.3 Å². The summed E-state index contributed by atoms with van der Waals surface area (Å²) in [5.74, 6) is 0.0619. The number of nitrogens with two attached hydrogens (primary N) is 1. The van der Waals surface area contributed by atoms with Gasteiger partial charge in [-0.1, -0.05) is 24.3 Å². The van der Waals surface area contributed by atoms with Crippen molar-refractivity contribution >= 4 is 5.78 Å². The van der Waals surface area contributed by atoms with E-state index in [1.54, 1.807) is 12.1 Å². The lowest BCUT2D eigenvalue weighted by molar-refractivity contribution is 0.0985. The zero-order valence-electron chi connectivity index (χ0n) is 8.57. The van der Waals surface area contributed by atoms with Gasteiger partial charge >= 0.3 is 0 Å². The van der Waals surface area contributed by atoms with Gasteiger partial charge in [0.25, 0.3) is 0 Å². The van der Waals surface area contributed by atoms with Crippen molar-refractivity contribution in [1.29, 1.82) is 0 Å². The second kappa shape index (κ2) is 3.76. The number of aliphatic hydroxyl groups is 1. The van der Waals surface area contributed by atoms with Gasteiger partial charge in [-0.25, -0.2) is 0 Å². The number of Topliss-reactive ketones (excluding diaryl/α,β-unsaturated/α-hetero) is 1. The van der Waals surface area contributed by atoms with Crippen LogP contribution in [0.25, 0.3) is 0 Å². The number of benzene rings is 1. The van der Waals surface area contributed by atoms with E-state index >= 15 is 0 Å². The monoisotopic (exact) mass is 205 g/mol. The van der Waals surface area contributed by atoms with Crippen molar-refractivity contribution in [1.82, 2.24) is 0 Å². The molecule has 1 aliphatic carbocycles. The fourth-order valence-electron chi connectivity index (χ4n) is 1.65. The summed E-state index contributed by atoms with van der Waals surface area (Å²) in [6.07, 6.45) is 2.02. The van der Waals surface area contributed by atoms with Crippen LogP contribution in [0, 0.1) is 0 Å². The van der Waals surface area contributed by atoms with Gasteiger partial charge in [0, 0.05) is 12.0 Å². The molecule has 2 rings (SSSR count). The molecule has 0 spiro atoms. The zero-order valence-corrected chi connectivity index (χ0v) is 8.57. The van der Waals surface area contributed by atoms with E-state index in [1.807, 2.05) is 12.1 Å². The summed E-state index contributed by atoms with van der Waals surface area (Å²) in [5.41, 5.74) is 6.28. The molecule has 0 aliphatic heterocycles. The first-order chi connectivity index (χ1) is 7.15. The van der Waals surface area contributed by atoms with Crippen LogP contribution >= 0.6 is 0 Å². The number of carbonyl (C=O) groups is 1. The summed E-state index contributed by atoms with van der Waals surface area (Å²) in [4.78, 5) is 11.5. The molecule has 1 aliphatic rings. The lowest BCUT2D eigenvalue weighted by Gasteiger charge is -2.08. The Morgan fingerprint density at radius 3 is 2.40 bits per heavy atom. The van der Waals surface area contributed by atoms with Crippen molar-refractivity contribution in [3.05, 3.63) is 35.4 Å². The molecule has 1 aromatic rings. The van der Waals surface area contributed by atoms with Gasteiger partial charge in [0.15, 0.2) is 5.78 Å². The number of rotatable bonds is 4. The average molecular weight is 205 g/mol. The molecule has 0 saturated heterocycles. The Morgan fingerprint density at radius 2 is 1.93 bits per heavy atom. The standard InChI is InChI=1S/C12H15NO2/c13-8-5-11(14)9-1-3-10(4-2-9)12(15)6-7-12/h1-4,15H,5-8,13H2. The Bertz CT molecular complexity index is 366. The molecule has 15 heavy (non-hydrogen) atoms. The van der Waals surface area contributed by atoms with E-state index in [4.69, 9.17) is 5.73 Å². The molecule has 0 unspecified atom stereocenters. The molecule has 0 radical (unpaired) electrons. The first-order valence-electron chi connectivity index (χ1n) is 5.22. The van der Waals surface area contributed by atoms with Crippen LogP contribution in [0.1, 0.15) is 35.2 Å². The van der Waals surface area contributed by atoms with Gasteiger partial charge in [0.05, 0.1) is 5.60 Å². The van der Waals surface area contributed by atoms with Crippen LogP contribution in [0.2, 0.25) is 0 Å². The second-order valence-electron chi connectivity index (χ2n) is 4.07. The fourth-order valence-corrected chi connectivity index (χ4v) is 1.65. The minimum atomic E-state index is -0.616. The zero-order chi connectivity index (χ0) is 10.9. The largest absolute Gasteiger partial charge is 0.385 e. The van der Waals surface area contributed by atoms with Gasteiger partial charge < -0.3 is 10.8 Å². The van der Waals surface area contributed by atoms with Crippen LogP contribution in [0.5, 0.6) is 0 Å². The van der Waals surface area contributed by atoms with E-state index in [0.29, 0.717) is 18.5 Å². The van der Waals surface area contributed by atoms with Crippen LogP contribution in [0.15, 0.2) is 24.3 Å². The lowest BCUT2D eigenvalue weighted by atomic mass is 10.0. The normalized spacial score (nSPS) is 17.5. The van der Waals surface area contributed by atoms with Crippen molar-refractivity contribution in [3.8, 4) is 0 Å². The predicted molar refractivity (Wildman–Crippen MR) is 57.6 cm³/mol. The SMILES string of the molecule is NCCC(=O)c1ccc(C2(O)CC2)cc1. The van der Waals surface area contributed by atoms with Gasteiger partial charge in [0.1, 0.15) is 0 Å². The molecule has 0 aromatic heterocycles. The molecule has 0 bridgehead atoms. The predicted octanol–water partition coefficient (Wildman–Crippen LogP) is 1.20. The summed E-state index contributed by atoms with van der Waals surface area (Å²) in [5, 5.41) is 9.83. The van der Waals surface area contributed by atoms with Crippen LogP contribution in [0.4, 0.5) is 0 Å². The van der Waals surface area contributed by atoms with Gasteiger partial charge in [-0.2, -0.15) is 0 Å². The van der Waals surface area contributed by atoms with Crippen LogP contribution in [-0.2, 0) is 5.60 Å². The molecule has 3 heteroatoms. The summed E-state index contributed by atoms with van der Waals surface area (Å²) in [7, 11) is 0. The van der Waals surface area contributed by atoms with Crippen molar-refractivity contribution in [2.45, 2.75) is 24.9 Å². The maximum absolute atomic E-state index is 11.5. The Morgan fingerprint density at radius 1 is 1.33 bits per heavy atom. The van der Waals surface area contributed by atoms with E-state index < -0.39 is 5.60 Å². The summed E-state index contributed by atoms with van der Waals surface area (Å²) in [6, 6.07) is 7.20. The Kier molecular flexibility index (Phi) is 2.59. The van der Waals surface area contributed by atoms with E-state index in [-0.39, 0.29) is 5.78 Å². The van der Waals surface area contributed by atoms with Gasteiger partial charge in [-0.3, -0.25) is 4.79 Å². The Balaban J connectivity index is 2.13. The van der Waals surface area contributed by atoms with E-state index in [1.165, 1.54) is 0 Å². The smallest absolute Gasteiger partial charge is 0.164 e. The van der Waals surface area contributed by atoms with Crippen molar-refractivity contribution in [2.75, 3.05) is 6.54 Å². The Labute approximate surface area is 88.9 Å². The molecule has 0 amide bonds. The maximum Gasteiger partial charge on any atom is 0.164 e. The molecule has 3 nitrogen and oxygen atoms in total. The lowest BCUT2D eigenvalue weighted by Crippen LogP contribution is -2.09. The second-order valence-corrected chi connectivity index (χ2v) is 4.07. The van der Waals surface area contributed by atoms with Crippen molar-refractivity contribution in [2.24, 2.45) is 5.73 Å². The van der Waals surface area contributed by atoms with Crippen LogP contribution in [-0.4, -0.2) is 17.4 Å². The highest BCUT2D eigenvalue weighted by atomic mass is 16.3. The molecule has 3 N–H and O–H groups in total. The molecular formula is C12H15NO2. The number of carbonyl (C=O) groups excluding carboxylic acids is 1. The number of ketones is 1. The van der Waals surface area contributed by atoms with Gasteiger partial charge in [-0.15, -0.1) is 0 Å². The highest BCUT2D eigenvalue weighted by Crippen LogP contribution is 2.45. The summed E-state index contributed by atoms with van der Waals surface area (Å²) < 4.78 is 0. The van der Waals surface area contributed by atoms with Crippen LogP contribution < -0.4 is 5.73 Å². The minimum Gasteiger partial charge on any atom is -0.385 e. The summed E-state index contributed by atoms with van der Waals surface area (Å²) in [6.45, 7) is 0.379. The van der Waals surface area contributed by atoms with Gasteiger partial charge in [0.2, 0.25) is 0 Å². The fraction of sp³-hybridized carbons (Fsp3) is 0.417. The molecule has 1 fully saturated rings. The molecule has 0 atom stereocenters. The van der Waals surface area contributed by atoms with Crippen molar-refractivity contribution < 1.29 is 9.90 Å². The van der Waals surface area contributed by atoms with Gasteiger partial charge in [-0.05, 0) is 24.9 Å². The third-order valence-corrected chi connectivity index (χ3v) is 2.84. The quantitative estimate of drug-likeness (QED) is 0.726. The molecule has 0 heterocycles. The first-order valence-corrected chi connectivity index (χ1v) is 5.22. The van der Waals surface area contributed by atoms with E-state index in [0.717, 1.165) is 18.4 Å². The molecule has 80 valence electrons. The van der Waals surface area contributed by atoms with Crippen LogP contribution in [0.3, 0.4) is 0 Å². The Hall–Kier alpha value is -1.19. The highest BCUT2D eigenvalue weighted by Gasteiger charge is 2.41. The third kappa shape index (κ3) is 2.08. The number of hydrogen-bond acceptors (Lipinski definition) is 3. The summed E-state index contributed by atoms with van der Waals surface area (Å²) >= 11 is 0. The minimum absolute atomic E-state index is 0.0619. The maximum atomic E-state index is 11.5. The van der Waals surface area contributed by atoms with E-state index in [9.17, 15) is 9.90 Å².